The number of benzene rings is 2. The fourth-order valence-corrected chi connectivity index (χ4v) is 2.73. The Morgan fingerprint density at radius 2 is 1.45 bits per heavy atom. The highest BCUT2D eigenvalue weighted by molar-refractivity contribution is 5.93. The van der Waals surface area contributed by atoms with E-state index >= 15 is 0 Å². The van der Waals surface area contributed by atoms with Crippen LogP contribution >= 0.6 is 0 Å². The molecule has 0 atom stereocenters. The van der Waals surface area contributed by atoms with Crippen molar-refractivity contribution in [3.63, 3.8) is 0 Å². The summed E-state index contributed by atoms with van der Waals surface area (Å²) in [6.45, 7) is -0.139. The van der Waals surface area contributed by atoms with Crippen molar-refractivity contribution < 1.29 is 23.0 Å². The molecule has 1 heterocycles. The molecule has 0 saturated carbocycles. The molecule has 7 heteroatoms. The van der Waals surface area contributed by atoms with Gasteiger partial charge in [-0.05, 0) is 54.1 Å². The van der Waals surface area contributed by atoms with Gasteiger partial charge in [-0.3, -0.25) is 13.6 Å². The van der Waals surface area contributed by atoms with Crippen LogP contribution in [0.3, 0.4) is 0 Å². The van der Waals surface area contributed by atoms with Crippen LogP contribution < -0.4 is 9.47 Å². The Balaban J connectivity index is 1.57. The van der Waals surface area contributed by atoms with Crippen molar-refractivity contribution in [1.29, 1.82) is 0 Å². The number of nitrogens with zero attached hydrogens (tertiary/aromatic N) is 2. The fourth-order valence-electron chi connectivity index (χ4n) is 2.73. The summed E-state index contributed by atoms with van der Waals surface area (Å²) in [6, 6.07) is 16.2. The van der Waals surface area contributed by atoms with Crippen molar-refractivity contribution in [3.8, 4) is 22.8 Å². The average Bonchev–Trinajstić information content (AvgIpc) is 3.30. The highest BCUT2D eigenvalue weighted by atomic mass is 19.1. The summed E-state index contributed by atoms with van der Waals surface area (Å²) in [4.78, 5) is 12.4. The number of allylic oxidation sites excluding steroid dienone is 1. The lowest BCUT2D eigenvalue weighted by atomic mass is 10.1. The molecule has 0 aliphatic carbocycles. The average molecular weight is 426 g/mol. The maximum absolute atomic E-state index is 12.4. The zero-order valence-corrected chi connectivity index (χ0v) is 17.0. The Morgan fingerprint density at radius 3 is 2.03 bits per heavy atom. The van der Waals surface area contributed by atoms with Gasteiger partial charge in [0.1, 0.15) is 11.5 Å². The van der Waals surface area contributed by atoms with Crippen LogP contribution in [0.5, 0.6) is 11.5 Å². The molecule has 31 heavy (non-hydrogen) atoms. The Hall–Kier alpha value is -3.48. The first-order valence-corrected chi connectivity index (χ1v) is 10.1. The largest absolute Gasteiger partial charge is 0.493 e. The van der Waals surface area contributed by atoms with E-state index in [1.807, 2.05) is 24.3 Å². The second-order valence-corrected chi connectivity index (χ2v) is 6.69. The summed E-state index contributed by atoms with van der Waals surface area (Å²) in [5.41, 5.74) is 2.34. The first-order valence-electron chi connectivity index (χ1n) is 10.1. The molecule has 0 bridgehead atoms. The molecule has 0 radical (unpaired) electrons. The second-order valence-electron chi connectivity index (χ2n) is 6.69. The first-order chi connectivity index (χ1) is 15.2. The Kier molecular flexibility index (Phi) is 8.34. The Bertz CT molecular complexity index is 983. The van der Waals surface area contributed by atoms with Crippen molar-refractivity contribution in [2.45, 2.75) is 12.8 Å². The molecule has 5 nitrogen and oxygen atoms in total. The van der Waals surface area contributed by atoms with Crippen LogP contribution in [-0.2, 0) is 0 Å². The minimum atomic E-state index is -0.403. The minimum Gasteiger partial charge on any atom is -0.493 e. The van der Waals surface area contributed by atoms with Crippen molar-refractivity contribution in [3.05, 3.63) is 72.4 Å². The van der Waals surface area contributed by atoms with E-state index < -0.39 is 13.3 Å². The van der Waals surface area contributed by atoms with Crippen LogP contribution in [0.4, 0.5) is 8.78 Å². The number of carbonyl (C=O) groups is 1. The maximum Gasteiger partial charge on any atom is 0.270 e. The lowest BCUT2D eigenvalue weighted by Gasteiger charge is -2.05. The van der Waals surface area contributed by atoms with Crippen molar-refractivity contribution in [2.24, 2.45) is 0 Å². The van der Waals surface area contributed by atoms with Crippen molar-refractivity contribution >= 4 is 12.0 Å². The summed E-state index contributed by atoms with van der Waals surface area (Å²) >= 11 is 0. The number of alkyl halides is 2. The quantitative estimate of drug-likeness (QED) is 0.305. The molecule has 0 amide bonds. The van der Waals surface area contributed by atoms with E-state index in [4.69, 9.17) is 9.47 Å². The predicted molar refractivity (Wildman–Crippen MR) is 116 cm³/mol. The van der Waals surface area contributed by atoms with Gasteiger partial charge in [-0.15, -0.1) is 0 Å². The van der Waals surface area contributed by atoms with E-state index in [9.17, 15) is 13.6 Å². The van der Waals surface area contributed by atoms with Crippen LogP contribution in [0.25, 0.3) is 17.3 Å². The lowest BCUT2D eigenvalue weighted by Crippen LogP contribution is -2.07. The minimum absolute atomic E-state index is 0.277. The summed E-state index contributed by atoms with van der Waals surface area (Å²) in [6.07, 6.45) is 5.46. The molecule has 0 aliphatic rings. The Morgan fingerprint density at radius 1 is 0.871 bits per heavy atom. The molecule has 0 N–H and O–H groups in total. The van der Waals surface area contributed by atoms with Crippen molar-refractivity contribution in [1.82, 2.24) is 9.78 Å². The smallest absolute Gasteiger partial charge is 0.270 e. The summed E-state index contributed by atoms with van der Waals surface area (Å²) in [5.74, 6) is 1.04. The van der Waals surface area contributed by atoms with Gasteiger partial charge in [0, 0.05) is 30.7 Å². The van der Waals surface area contributed by atoms with Gasteiger partial charge in [0.2, 0.25) is 0 Å². The topological polar surface area (TPSA) is 53.4 Å². The number of hydrogen-bond donors (Lipinski definition) is 0. The molecule has 0 unspecified atom stereocenters. The highest BCUT2D eigenvalue weighted by Crippen LogP contribution is 2.21. The highest BCUT2D eigenvalue weighted by Gasteiger charge is 2.07. The van der Waals surface area contributed by atoms with Crippen LogP contribution in [0.15, 0.2) is 66.9 Å². The number of ether oxygens (including phenoxy) is 2. The van der Waals surface area contributed by atoms with Gasteiger partial charge >= 0.3 is 0 Å². The zero-order valence-electron chi connectivity index (χ0n) is 17.0. The van der Waals surface area contributed by atoms with Crippen LogP contribution in [0.2, 0.25) is 0 Å². The molecule has 1 aromatic heterocycles. The molecule has 0 fully saturated rings. The van der Waals surface area contributed by atoms with Gasteiger partial charge in [0.15, 0.2) is 0 Å². The van der Waals surface area contributed by atoms with E-state index in [0.717, 1.165) is 11.1 Å². The number of aromatic nitrogens is 2. The molecular formula is C24H24F2N2O3. The van der Waals surface area contributed by atoms with Crippen LogP contribution in [-0.4, -0.2) is 42.3 Å². The molecule has 2 aromatic carbocycles. The van der Waals surface area contributed by atoms with E-state index in [1.54, 1.807) is 42.6 Å². The van der Waals surface area contributed by atoms with Gasteiger partial charge in [0.05, 0.1) is 32.3 Å². The molecular weight excluding hydrogens is 402 g/mol. The molecule has 0 spiro atoms. The van der Waals surface area contributed by atoms with Gasteiger partial charge in [0.25, 0.3) is 5.91 Å². The zero-order chi connectivity index (χ0) is 21.9. The van der Waals surface area contributed by atoms with Gasteiger partial charge < -0.3 is 9.47 Å². The number of hydrogen-bond acceptors (Lipinski definition) is 4. The van der Waals surface area contributed by atoms with Crippen LogP contribution in [0.1, 0.15) is 23.2 Å². The summed E-state index contributed by atoms with van der Waals surface area (Å²) in [5, 5.41) is 4.33. The fraction of sp³-hybridized carbons (Fsp3) is 0.250. The van der Waals surface area contributed by atoms with Gasteiger partial charge in [-0.25, -0.2) is 4.68 Å². The molecule has 3 aromatic rings. The second kappa shape index (κ2) is 11.6. The predicted octanol–water partition coefficient (Wildman–Crippen LogP) is 5.38. The first kappa shape index (κ1) is 22.2. The number of rotatable bonds is 11. The van der Waals surface area contributed by atoms with E-state index in [1.165, 1.54) is 10.8 Å². The molecule has 0 aliphatic heterocycles. The monoisotopic (exact) mass is 426 g/mol. The number of carbonyl (C=O) groups excluding carboxylic acids is 1. The van der Waals surface area contributed by atoms with E-state index in [0.29, 0.717) is 43.2 Å². The lowest BCUT2D eigenvalue weighted by molar-refractivity contribution is 0.0955. The van der Waals surface area contributed by atoms with Crippen LogP contribution in [0, 0.1) is 0 Å². The third kappa shape index (κ3) is 6.77. The van der Waals surface area contributed by atoms with Gasteiger partial charge in [-0.2, -0.15) is 5.10 Å². The normalized spacial score (nSPS) is 11.0. The van der Waals surface area contributed by atoms with E-state index in [2.05, 4.69) is 5.10 Å². The van der Waals surface area contributed by atoms with Gasteiger partial charge in [-0.1, -0.05) is 12.1 Å². The molecule has 3 rings (SSSR count). The Labute approximate surface area is 179 Å². The molecule has 0 saturated heterocycles. The SMILES string of the molecule is O=C(/C=C/c1ccc(OCCCF)cc1)n1ccc(-c2ccc(OCCCF)cc2)n1. The number of halogens is 2. The maximum atomic E-state index is 12.4. The summed E-state index contributed by atoms with van der Waals surface area (Å²) in [7, 11) is 0. The standard InChI is InChI=1S/C24H24F2N2O3/c25-14-1-17-30-21-8-3-19(4-9-21)5-12-24(29)28-16-13-23(27-28)20-6-10-22(11-7-20)31-18-2-15-26/h3-13,16H,1-2,14-15,17-18H2/b12-5+. The third-order valence-electron chi connectivity index (χ3n) is 4.36. The molecule has 162 valence electrons. The summed E-state index contributed by atoms with van der Waals surface area (Å²) < 4.78 is 36.3. The third-order valence-corrected chi connectivity index (χ3v) is 4.36. The van der Waals surface area contributed by atoms with E-state index in [-0.39, 0.29) is 5.91 Å². The van der Waals surface area contributed by atoms with Crippen molar-refractivity contribution in [2.75, 3.05) is 26.6 Å².